The van der Waals surface area contributed by atoms with E-state index in [0.29, 0.717) is 6.42 Å². The van der Waals surface area contributed by atoms with Crippen molar-refractivity contribution >= 4 is 5.91 Å². The van der Waals surface area contributed by atoms with Gasteiger partial charge in [0.2, 0.25) is 5.91 Å². The quantitative estimate of drug-likeness (QED) is 0.927. The van der Waals surface area contributed by atoms with Gasteiger partial charge < -0.3 is 5.32 Å². The molecule has 2 heterocycles. The minimum absolute atomic E-state index is 0.0817. The molecule has 1 fully saturated rings. The van der Waals surface area contributed by atoms with Gasteiger partial charge in [-0.1, -0.05) is 25.1 Å². The lowest BCUT2D eigenvalue weighted by Gasteiger charge is -2.27. The smallest absolute Gasteiger partial charge is 0.220 e. The van der Waals surface area contributed by atoms with E-state index in [-0.39, 0.29) is 11.4 Å². The van der Waals surface area contributed by atoms with Crippen molar-refractivity contribution in [2.45, 2.75) is 38.1 Å². The zero-order valence-electron chi connectivity index (χ0n) is 11.7. The third-order valence-electron chi connectivity index (χ3n) is 4.11. The molecule has 104 valence electrons. The molecule has 3 rings (SSSR count). The summed E-state index contributed by atoms with van der Waals surface area (Å²) in [5, 5.41) is 7.56. The second kappa shape index (κ2) is 5.12. The van der Waals surface area contributed by atoms with Gasteiger partial charge in [0, 0.05) is 18.2 Å². The van der Waals surface area contributed by atoms with Crippen molar-refractivity contribution in [2.75, 3.05) is 0 Å². The lowest BCUT2D eigenvalue weighted by atomic mass is 9.88. The molecule has 1 saturated heterocycles. The minimum Gasteiger partial charge on any atom is -0.350 e. The molecule has 20 heavy (non-hydrogen) atoms. The van der Waals surface area contributed by atoms with Crippen molar-refractivity contribution in [3.05, 3.63) is 48.3 Å². The van der Waals surface area contributed by atoms with Crippen LogP contribution in [0, 0.1) is 0 Å². The average molecular weight is 269 g/mol. The number of nitrogens with zero attached hydrogens (tertiary/aromatic N) is 2. The lowest BCUT2D eigenvalue weighted by molar-refractivity contribution is -0.119. The van der Waals surface area contributed by atoms with Gasteiger partial charge in [-0.25, -0.2) is 4.68 Å². The Hall–Kier alpha value is -2.10. The first kappa shape index (κ1) is 12.9. The standard InChI is InChI=1S/C16H19N3O/c1-2-16(9-8-15(20)18-16)10-13-11-17-19(12-13)14-6-4-3-5-7-14/h3-7,11-12H,2,8-10H2,1H3,(H,18,20). The van der Waals surface area contributed by atoms with E-state index in [0.717, 1.165) is 30.5 Å². The monoisotopic (exact) mass is 269 g/mol. The molecule has 4 nitrogen and oxygen atoms in total. The number of rotatable bonds is 4. The molecule has 4 heteroatoms. The van der Waals surface area contributed by atoms with Crippen LogP contribution in [0.5, 0.6) is 0 Å². The van der Waals surface area contributed by atoms with Crippen molar-refractivity contribution in [3.63, 3.8) is 0 Å². The van der Waals surface area contributed by atoms with Gasteiger partial charge in [0.05, 0.1) is 11.9 Å². The Labute approximate surface area is 118 Å². The average Bonchev–Trinajstić information content (AvgIpc) is 3.08. The van der Waals surface area contributed by atoms with Crippen LogP contribution >= 0.6 is 0 Å². The Bertz CT molecular complexity index is 605. The highest BCUT2D eigenvalue weighted by Gasteiger charge is 2.36. The molecule has 1 amide bonds. The van der Waals surface area contributed by atoms with E-state index >= 15 is 0 Å². The normalized spacial score (nSPS) is 21.9. The van der Waals surface area contributed by atoms with E-state index in [1.807, 2.05) is 41.2 Å². The van der Waals surface area contributed by atoms with Crippen molar-refractivity contribution in [1.82, 2.24) is 15.1 Å². The molecule has 1 aromatic carbocycles. The summed E-state index contributed by atoms with van der Waals surface area (Å²) >= 11 is 0. The van der Waals surface area contributed by atoms with Crippen molar-refractivity contribution in [3.8, 4) is 5.69 Å². The summed E-state index contributed by atoms with van der Waals surface area (Å²) in [6, 6.07) is 10.1. The van der Waals surface area contributed by atoms with Crippen molar-refractivity contribution < 1.29 is 4.79 Å². The number of aromatic nitrogens is 2. The summed E-state index contributed by atoms with van der Waals surface area (Å²) in [6.07, 6.45) is 7.31. The van der Waals surface area contributed by atoms with Gasteiger partial charge in [-0.3, -0.25) is 4.79 Å². The Balaban J connectivity index is 1.79. The fraction of sp³-hybridized carbons (Fsp3) is 0.375. The molecule has 1 aromatic heterocycles. The second-order valence-electron chi connectivity index (χ2n) is 5.49. The van der Waals surface area contributed by atoms with Crippen LogP contribution in [-0.4, -0.2) is 21.2 Å². The maximum absolute atomic E-state index is 11.5. The van der Waals surface area contributed by atoms with Crippen LogP contribution in [0.25, 0.3) is 5.69 Å². The zero-order valence-corrected chi connectivity index (χ0v) is 11.7. The van der Waals surface area contributed by atoms with Crippen LogP contribution in [0.2, 0.25) is 0 Å². The third kappa shape index (κ3) is 2.46. The van der Waals surface area contributed by atoms with E-state index in [1.54, 1.807) is 0 Å². The molecule has 1 atom stereocenters. The van der Waals surface area contributed by atoms with Crippen molar-refractivity contribution in [2.24, 2.45) is 0 Å². The number of carbonyl (C=O) groups excluding carboxylic acids is 1. The zero-order chi connectivity index (χ0) is 14.0. The highest BCUT2D eigenvalue weighted by molar-refractivity contribution is 5.79. The number of hydrogen-bond acceptors (Lipinski definition) is 2. The summed E-state index contributed by atoms with van der Waals surface area (Å²) < 4.78 is 1.88. The summed E-state index contributed by atoms with van der Waals surface area (Å²) in [4.78, 5) is 11.5. The molecule has 0 saturated carbocycles. The Morgan fingerprint density at radius 2 is 2.15 bits per heavy atom. The Morgan fingerprint density at radius 3 is 2.80 bits per heavy atom. The topological polar surface area (TPSA) is 46.9 Å². The van der Waals surface area contributed by atoms with E-state index in [1.165, 1.54) is 0 Å². The first-order valence-electron chi connectivity index (χ1n) is 7.11. The number of carbonyl (C=O) groups is 1. The van der Waals surface area contributed by atoms with Crippen LogP contribution in [0.3, 0.4) is 0 Å². The van der Waals surface area contributed by atoms with Crippen molar-refractivity contribution in [1.29, 1.82) is 0 Å². The van der Waals surface area contributed by atoms with E-state index < -0.39 is 0 Å². The molecule has 0 spiro atoms. The van der Waals surface area contributed by atoms with Gasteiger partial charge in [0.15, 0.2) is 0 Å². The van der Waals surface area contributed by atoms with Gasteiger partial charge >= 0.3 is 0 Å². The van der Waals surface area contributed by atoms with Gasteiger partial charge in [-0.05, 0) is 37.0 Å². The molecule has 1 unspecified atom stereocenters. The van der Waals surface area contributed by atoms with Crippen LogP contribution in [0.1, 0.15) is 31.7 Å². The molecule has 1 aliphatic rings. The van der Waals surface area contributed by atoms with Crippen LogP contribution in [0.15, 0.2) is 42.7 Å². The first-order chi connectivity index (χ1) is 9.71. The summed E-state index contributed by atoms with van der Waals surface area (Å²) in [7, 11) is 0. The van der Waals surface area contributed by atoms with Crippen LogP contribution in [0.4, 0.5) is 0 Å². The molecular formula is C16H19N3O. The maximum atomic E-state index is 11.5. The minimum atomic E-state index is -0.0817. The Kier molecular flexibility index (Phi) is 3.30. The largest absolute Gasteiger partial charge is 0.350 e. The highest BCUT2D eigenvalue weighted by Crippen LogP contribution is 2.28. The van der Waals surface area contributed by atoms with Gasteiger partial charge in [-0.2, -0.15) is 5.10 Å². The summed E-state index contributed by atoms with van der Waals surface area (Å²) in [6.45, 7) is 2.13. The number of nitrogens with one attached hydrogen (secondary N) is 1. The highest BCUT2D eigenvalue weighted by atomic mass is 16.2. The van der Waals surface area contributed by atoms with E-state index in [4.69, 9.17) is 0 Å². The maximum Gasteiger partial charge on any atom is 0.220 e. The summed E-state index contributed by atoms with van der Waals surface area (Å²) in [5.41, 5.74) is 2.14. The van der Waals surface area contributed by atoms with Crippen LogP contribution in [-0.2, 0) is 11.2 Å². The SMILES string of the molecule is CCC1(Cc2cnn(-c3ccccc3)c2)CCC(=O)N1. The fourth-order valence-electron chi connectivity index (χ4n) is 2.86. The molecular weight excluding hydrogens is 250 g/mol. The van der Waals surface area contributed by atoms with Gasteiger partial charge in [0.25, 0.3) is 0 Å². The van der Waals surface area contributed by atoms with E-state index in [9.17, 15) is 4.79 Å². The number of para-hydroxylation sites is 1. The molecule has 0 radical (unpaired) electrons. The lowest BCUT2D eigenvalue weighted by Crippen LogP contribution is -2.42. The van der Waals surface area contributed by atoms with Crippen LogP contribution < -0.4 is 5.32 Å². The predicted octanol–water partition coefficient (Wildman–Crippen LogP) is 2.47. The first-order valence-corrected chi connectivity index (χ1v) is 7.11. The van der Waals surface area contributed by atoms with Gasteiger partial charge in [-0.15, -0.1) is 0 Å². The molecule has 0 aliphatic carbocycles. The third-order valence-corrected chi connectivity index (χ3v) is 4.11. The molecule has 1 aliphatic heterocycles. The number of amides is 1. The molecule has 2 aromatic rings. The Morgan fingerprint density at radius 1 is 1.35 bits per heavy atom. The summed E-state index contributed by atoms with van der Waals surface area (Å²) in [5.74, 6) is 0.169. The number of benzene rings is 1. The number of hydrogen-bond donors (Lipinski definition) is 1. The predicted molar refractivity (Wildman–Crippen MR) is 77.7 cm³/mol. The fourth-order valence-corrected chi connectivity index (χ4v) is 2.86. The second-order valence-corrected chi connectivity index (χ2v) is 5.49. The molecule has 0 bridgehead atoms. The van der Waals surface area contributed by atoms with E-state index in [2.05, 4.69) is 23.5 Å². The van der Waals surface area contributed by atoms with Gasteiger partial charge in [0.1, 0.15) is 0 Å². The molecule has 1 N–H and O–H groups in total.